The van der Waals surface area contributed by atoms with Crippen LogP contribution < -0.4 is 21.3 Å². The molecule has 1 heterocycles. The zero-order valence-corrected chi connectivity index (χ0v) is 19.8. The minimum atomic E-state index is -0.517. The monoisotopic (exact) mass is 483 g/mol. The third-order valence-electron chi connectivity index (χ3n) is 6.32. The molecule has 0 radical (unpaired) electrons. The number of ether oxygens (including phenoxy) is 1. The zero-order valence-electron chi connectivity index (χ0n) is 19.8. The highest BCUT2D eigenvalue weighted by Crippen LogP contribution is 2.22. The number of nitrogens with one attached hydrogen (secondary N) is 1. The Morgan fingerprint density at radius 3 is 2.50 bits per heavy atom. The molecule has 1 aliphatic carbocycles. The van der Waals surface area contributed by atoms with Crippen LogP contribution in [0.15, 0.2) is 76.3 Å². The molecule has 36 heavy (non-hydrogen) atoms. The molecule has 0 bridgehead atoms. The average molecular weight is 484 g/mol. The van der Waals surface area contributed by atoms with Crippen molar-refractivity contribution in [1.29, 1.82) is 0 Å². The molecular weight excluding hydrogens is 458 g/mol. The Labute approximate surface area is 206 Å². The van der Waals surface area contributed by atoms with E-state index in [9.17, 15) is 19.2 Å². The van der Waals surface area contributed by atoms with Gasteiger partial charge in [-0.25, -0.2) is 9.36 Å². The van der Waals surface area contributed by atoms with Crippen molar-refractivity contribution in [2.75, 3.05) is 7.11 Å². The fourth-order valence-corrected chi connectivity index (χ4v) is 4.32. The van der Waals surface area contributed by atoms with Gasteiger partial charge in [0, 0.05) is 17.2 Å². The standard InChI is InChI=1S/C28H25N3O5/c1-36-25-13-8-19(17-32)14-20(25)16-30-24-5-3-2-4-23(24)27(34)31(28(30)35)22-11-6-18(7-12-22)15-26(33)29-21-9-10-21/h2-8,11-14,17,21H,9-10,15-16H2,1H3,(H,29,33). The molecule has 4 aromatic rings. The molecule has 0 atom stereocenters. The quantitative estimate of drug-likeness (QED) is 0.389. The third-order valence-corrected chi connectivity index (χ3v) is 6.32. The predicted molar refractivity (Wildman–Crippen MR) is 136 cm³/mol. The van der Waals surface area contributed by atoms with E-state index in [0.29, 0.717) is 33.5 Å². The van der Waals surface area contributed by atoms with Crippen LogP contribution in [0.1, 0.15) is 34.3 Å². The summed E-state index contributed by atoms with van der Waals surface area (Å²) in [6.07, 6.45) is 3.01. The van der Waals surface area contributed by atoms with Gasteiger partial charge in [-0.3, -0.25) is 19.0 Å². The molecule has 0 aliphatic heterocycles. The van der Waals surface area contributed by atoms with Crippen molar-refractivity contribution in [2.45, 2.75) is 31.8 Å². The lowest BCUT2D eigenvalue weighted by Gasteiger charge is -2.16. The van der Waals surface area contributed by atoms with Crippen LogP contribution >= 0.6 is 0 Å². The Morgan fingerprint density at radius 1 is 1.06 bits per heavy atom. The molecule has 0 saturated heterocycles. The summed E-state index contributed by atoms with van der Waals surface area (Å²) in [6, 6.07) is 19.1. The maximum absolute atomic E-state index is 13.7. The molecule has 1 aliphatic rings. The molecule has 0 unspecified atom stereocenters. The van der Waals surface area contributed by atoms with Crippen molar-refractivity contribution < 1.29 is 14.3 Å². The molecular formula is C28H25N3O5. The minimum Gasteiger partial charge on any atom is -0.496 e. The summed E-state index contributed by atoms with van der Waals surface area (Å²) in [6.45, 7) is 0.101. The second kappa shape index (κ2) is 9.65. The number of rotatable bonds is 8. The number of carbonyl (C=O) groups excluding carboxylic acids is 2. The molecule has 3 aromatic carbocycles. The average Bonchev–Trinajstić information content (AvgIpc) is 3.71. The Hall–Kier alpha value is -4.46. The maximum Gasteiger partial charge on any atom is 0.336 e. The van der Waals surface area contributed by atoms with Crippen molar-refractivity contribution >= 4 is 23.1 Å². The number of para-hydroxylation sites is 1. The lowest BCUT2D eigenvalue weighted by atomic mass is 10.1. The van der Waals surface area contributed by atoms with Gasteiger partial charge in [-0.2, -0.15) is 0 Å². The largest absolute Gasteiger partial charge is 0.496 e. The zero-order chi connectivity index (χ0) is 25.2. The number of hydrogen-bond acceptors (Lipinski definition) is 5. The Kier molecular flexibility index (Phi) is 6.25. The van der Waals surface area contributed by atoms with Gasteiger partial charge in [-0.05, 0) is 60.9 Å². The highest BCUT2D eigenvalue weighted by Gasteiger charge is 2.23. The van der Waals surface area contributed by atoms with Crippen molar-refractivity contribution in [3.63, 3.8) is 0 Å². The number of nitrogens with zero attached hydrogens (tertiary/aromatic N) is 2. The topological polar surface area (TPSA) is 99.4 Å². The SMILES string of the molecule is COc1ccc(C=O)cc1Cn1c(=O)n(-c2ccc(CC(=O)NC3CC3)cc2)c(=O)c2ccccc21. The fourth-order valence-electron chi connectivity index (χ4n) is 4.32. The molecule has 182 valence electrons. The molecule has 1 amide bonds. The van der Waals surface area contributed by atoms with Gasteiger partial charge in [-0.15, -0.1) is 0 Å². The minimum absolute atomic E-state index is 0.0398. The predicted octanol–water partition coefficient (Wildman–Crippen LogP) is 2.84. The van der Waals surface area contributed by atoms with Gasteiger partial charge >= 0.3 is 5.69 Å². The van der Waals surface area contributed by atoms with E-state index in [1.165, 1.54) is 11.7 Å². The summed E-state index contributed by atoms with van der Waals surface area (Å²) in [7, 11) is 1.52. The summed E-state index contributed by atoms with van der Waals surface area (Å²) in [5.41, 5.74) is 1.83. The van der Waals surface area contributed by atoms with Crippen LogP contribution in [0.5, 0.6) is 5.75 Å². The Balaban J connectivity index is 1.58. The van der Waals surface area contributed by atoms with Crippen molar-refractivity contribution in [3.8, 4) is 11.4 Å². The first-order valence-corrected chi connectivity index (χ1v) is 11.7. The van der Waals surface area contributed by atoms with Gasteiger partial charge in [0.05, 0.1) is 36.7 Å². The van der Waals surface area contributed by atoms with E-state index < -0.39 is 11.2 Å². The summed E-state index contributed by atoms with van der Waals surface area (Å²) in [4.78, 5) is 50.6. The van der Waals surface area contributed by atoms with Crippen LogP contribution in [-0.4, -0.2) is 34.5 Å². The molecule has 5 rings (SSSR count). The van der Waals surface area contributed by atoms with Crippen LogP contribution in [0.4, 0.5) is 0 Å². The first kappa shape index (κ1) is 23.3. The van der Waals surface area contributed by atoms with Crippen molar-refractivity contribution in [2.24, 2.45) is 0 Å². The van der Waals surface area contributed by atoms with Gasteiger partial charge in [0.1, 0.15) is 12.0 Å². The van der Waals surface area contributed by atoms with E-state index >= 15 is 0 Å². The highest BCUT2D eigenvalue weighted by molar-refractivity contribution is 5.80. The Bertz CT molecular complexity index is 1580. The van der Waals surface area contributed by atoms with Gasteiger partial charge in [-0.1, -0.05) is 24.3 Å². The van der Waals surface area contributed by atoms with Crippen LogP contribution in [0.2, 0.25) is 0 Å². The highest BCUT2D eigenvalue weighted by atomic mass is 16.5. The van der Waals surface area contributed by atoms with Gasteiger partial charge in [0.15, 0.2) is 0 Å². The Morgan fingerprint density at radius 2 is 1.81 bits per heavy atom. The van der Waals surface area contributed by atoms with Crippen LogP contribution in [-0.2, 0) is 17.8 Å². The molecule has 1 saturated carbocycles. The summed E-state index contributed by atoms with van der Waals surface area (Å²) in [5, 5.41) is 3.34. The third kappa shape index (κ3) is 4.57. The molecule has 8 heteroatoms. The number of aromatic nitrogens is 2. The van der Waals surface area contributed by atoms with Crippen LogP contribution in [0, 0.1) is 0 Å². The number of amides is 1. The van der Waals surface area contributed by atoms with E-state index in [2.05, 4.69) is 5.32 Å². The first-order chi connectivity index (χ1) is 17.5. The summed E-state index contributed by atoms with van der Waals surface area (Å²) < 4.78 is 8.08. The molecule has 1 aromatic heterocycles. The van der Waals surface area contributed by atoms with E-state index in [1.807, 2.05) is 0 Å². The van der Waals surface area contributed by atoms with E-state index in [0.717, 1.165) is 29.3 Å². The molecule has 1 N–H and O–H groups in total. The number of methoxy groups -OCH3 is 1. The normalized spacial score (nSPS) is 12.9. The number of hydrogen-bond donors (Lipinski definition) is 1. The van der Waals surface area contributed by atoms with Crippen molar-refractivity contribution in [1.82, 2.24) is 14.5 Å². The summed E-state index contributed by atoms with van der Waals surface area (Å²) in [5.74, 6) is 0.491. The lowest BCUT2D eigenvalue weighted by molar-refractivity contribution is -0.120. The number of benzene rings is 3. The van der Waals surface area contributed by atoms with E-state index in [1.54, 1.807) is 66.7 Å². The second-order valence-electron chi connectivity index (χ2n) is 8.90. The van der Waals surface area contributed by atoms with Crippen LogP contribution in [0.3, 0.4) is 0 Å². The molecule has 8 nitrogen and oxygen atoms in total. The number of carbonyl (C=O) groups is 2. The maximum atomic E-state index is 13.7. The summed E-state index contributed by atoms with van der Waals surface area (Å²) >= 11 is 0. The smallest absolute Gasteiger partial charge is 0.336 e. The van der Waals surface area contributed by atoms with Crippen molar-refractivity contribution in [3.05, 3.63) is 104 Å². The van der Waals surface area contributed by atoms with E-state index in [4.69, 9.17) is 4.74 Å². The molecule has 1 fully saturated rings. The van der Waals surface area contributed by atoms with E-state index in [-0.39, 0.29) is 24.9 Å². The van der Waals surface area contributed by atoms with Gasteiger partial charge in [0.25, 0.3) is 5.56 Å². The fraction of sp³-hybridized carbons (Fsp3) is 0.214. The van der Waals surface area contributed by atoms with Gasteiger partial charge < -0.3 is 10.1 Å². The van der Waals surface area contributed by atoms with Crippen LogP contribution in [0.25, 0.3) is 16.6 Å². The second-order valence-corrected chi connectivity index (χ2v) is 8.90. The number of aldehydes is 1. The lowest BCUT2D eigenvalue weighted by Crippen LogP contribution is -2.39. The number of fused-ring (bicyclic) bond motifs is 1. The first-order valence-electron chi connectivity index (χ1n) is 11.7. The van der Waals surface area contributed by atoms with Gasteiger partial charge in [0.2, 0.25) is 5.91 Å². The molecule has 0 spiro atoms.